The molecule has 3 aromatic rings. The van der Waals surface area contributed by atoms with Gasteiger partial charge in [-0.1, -0.05) is 41.4 Å². The summed E-state index contributed by atoms with van der Waals surface area (Å²) < 4.78 is 6.90. The molecule has 0 atom stereocenters. The van der Waals surface area contributed by atoms with E-state index in [1.165, 1.54) is 7.11 Å². The Morgan fingerprint density at radius 1 is 1.20 bits per heavy atom. The lowest BCUT2D eigenvalue weighted by molar-refractivity contribution is 0.102. The monoisotopic (exact) mass is 375 g/mol. The molecule has 1 amide bonds. The molecule has 0 radical (unpaired) electrons. The third kappa shape index (κ3) is 4.13. The van der Waals surface area contributed by atoms with E-state index in [1.807, 2.05) is 24.3 Å². The van der Waals surface area contributed by atoms with Crippen LogP contribution in [0.5, 0.6) is 5.75 Å². The summed E-state index contributed by atoms with van der Waals surface area (Å²) in [5.74, 6) is 0.527. The highest BCUT2D eigenvalue weighted by atomic mass is 35.5. The van der Waals surface area contributed by atoms with Crippen molar-refractivity contribution in [2.75, 3.05) is 12.4 Å². The van der Waals surface area contributed by atoms with Gasteiger partial charge >= 0.3 is 0 Å². The molecule has 1 aromatic heterocycles. The summed E-state index contributed by atoms with van der Waals surface area (Å²) in [6, 6.07) is 14.1. The fraction of sp³-hybridized carbons (Fsp3) is 0.111. The van der Waals surface area contributed by atoms with Crippen molar-refractivity contribution >= 4 is 34.9 Å². The summed E-state index contributed by atoms with van der Waals surface area (Å²) in [5.41, 5.74) is 1.29. The van der Waals surface area contributed by atoms with Crippen molar-refractivity contribution in [2.45, 2.75) is 6.54 Å². The third-order valence-corrected chi connectivity index (χ3v) is 4.18. The van der Waals surface area contributed by atoms with Crippen molar-refractivity contribution in [1.82, 2.24) is 9.78 Å². The van der Waals surface area contributed by atoms with E-state index in [-0.39, 0.29) is 5.91 Å². The van der Waals surface area contributed by atoms with Gasteiger partial charge in [-0.2, -0.15) is 5.10 Å². The molecule has 0 saturated carbocycles. The van der Waals surface area contributed by atoms with Gasteiger partial charge < -0.3 is 10.1 Å². The first-order valence-electron chi connectivity index (χ1n) is 7.48. The predicted octanol–water partition coefficient (Wildman–Crippen LogP) is 4.50. The van der Waals surface area contributed by atoms with Crippen LogP contribution in [-0.2, 0) is 6.54 Å². The maximum absolute atomic E-state index is 12.4. The first-order chi connectivity index (χ1) is 12.1. The number of carbonyl (C=O) groups is 1. The van der Waals surface area contributed by atoms with Gasteiger partial charge in [0.15, 0.2) is 5.82 Å². The highest BCUT2D eigenvalue weighted by Gasteiger charge is 2.14. The van der Waals surface area contributed by atoms with E-state index < -0.39 is 0 Å². The maximum Gasteiger partial charge on any atom is 0.260 e. The van der Waals surface area contributed by atoms with E-state index in [2.05, 4.69) is 10.4 Å². The van der Waals surface area contributed by atoms with Gasteiger partial charge in [0, 0.05) is 22.3 Å². The minimum atomic E-state index is -0.345. The van der Waals surface area contributed by atoms with Crippen LogP contribution in [0.3, 0.4) is 0 Å². The molecule has 0 bridgehead atoms. The number of carbonyl (C=O) groups excluding carboxylic acids is 1. The zero-order valence-corrected chi connectivity index (χ0v) is 14.9. The van der Waals surface area contributed by atoms with Crippen molar-refractivity contribution in [2.24, 2.45) is 0 Å². The van der Waals surface area contributed by atoms with Gasteiger partial charge in [0.2, 0.25) is 0 Å². The molecule has 128 valence electrons. The van der Waals surface area contributed by atoms with Gasteiger partial charge in [0.25, 0.3) is 5.91 Å². The van der Waals surface area contributed by atoms with Gasteiger partial charge in [-0.05, 0) is 29.8 Å². The third-order valence-electron chi connectivity index (χ3n) is 3.58. The largest absolute Gasteiger partial charge is 0.496 e. The number of aromatic nitrogens is 2. The lowest BCUT2D eigenvalue weighted by Gasteiger charge is -2.08. The number of amides is 1. The van der Waals surface area contributed by atoms with Crippen molar-refractivity contribution in [3.8, 4) is 5.75 Å². The SMILES string of the molecule is COc1ccc(Cl)cc1C(=O)Nc1ccn(Cc2ccccc2Cl)n1. The summed E-state index contributed by atoms with van der Waals surface area (Å²) in [5, 5.41) is 8.21. The van der Waals surface area contributed by atoms with Crippen LogP contribution in [-0.4, -0.2) is 22.8 Å². The molecule has 0 aliphatic rings. The fourth-order valence-electron chi connectivity index (χ4n) is 2.36. The Hall–Kier alpha value is -2.50. The summed E-state index contributed by atoms with van der Waals surface area (Å²) in [6.07, 6.45) is 1.77. The van der Waals surface area contributed by atoms with Crippen LogP contribution in [0.1, 0.15) is 15.9 Å². The number of hydrogen-bond donors (Lipinski definition) is 1. The van der Waals surface area contributed by atoms with Gasteiger partial charge in [-0.3, -0.25) is 9.48 Å². The van der Waals surface area contributed by atoms with Crippen LogP contribution in [0.25, 0.3) is 0 Å². The zero-order chi connectivity index (χ0) is 17.8. The average molecular weight is 376 g/mol. The zero-order valence-electron chi connectivity index (χ0n) is 13.4. The first-order valence-corrected chi connectivity index (χ1v) is 8.24. The average Bonchev–Trinajstić information content (AvgIpc) is 3.04. The molecule has 2 aromatic carbocycles. The molecule has 1 N–H and O–H groups in total. The molecule has 1 heterocycles. The second-order valence-corrected chi connectivity index (χ2v) is 6.13. The number of nitrogens with zero attached hydrogens (tertiary/aromatic N) is 2. The quantitative estimate of drug-likeness (QED) is 0.714. The minimum absolute atomic E-state index is 0.343. The number of methoxy groups -OCH3 is 1. The Kier molecular flexibility index (Phi) is 5.26. The summed E-state index contributed by atoms with van der Waals surface area (Å²) in [4.78, 5) is 12.4. The molecule has 0 unspecified atom stereocenters. The highest BCUT2D eigenvalue weighted by molar-refractivity contribution is 6.31. The number of nitrogens with one attached hydrogen (secondary N) is 1. The van der Waals surface area contributed by atoms with Gasteiger partial charge in [0.05, 0.1) is 19.2 Å². The number of hydrogen-bond acceptors (Lipinski definition) is 3. The van der Waals surface area contributed by atoms with Crippen molar-refractivity contribution in [1.29, 1.82) is 0 Å². The molecule has 0 aliphatic carbocycles. The molecule has 0 saturated heterocycles. The smallest absolute Gasteiger partial charge is 0.260 e. The summed E-state index contributed by atoms with van der Waals surface area (Å²) >= 11 is 12.1. The second-order valence-electron chi connectivity index (χ2n) is 5.29. The Balaban J connectivity index is 1.74. The highest BCUT2D eigenvalue weighted by Crippen LogP contribution is 2.23. The lowest BCUT2D eigenvalue weighted by atomic mass is 10.2. The van der Waals surface area contributed by atoms with E-state index >= 15 is 0 Å². The molecule has 5 nitrogen and oxygen atoms in total. The van der Waals surface area contributed by atoms with Crippen LogP contribution in [0, 0.1) is 0 Å². The predicted molar refractivity (Wildman–Crippen MR) is 98.7 cm³/mol. The van der Waals surface area contributed by atoms with Gasteiger partial charge in [-0.25, -0.2) is 0 Å². The number of anilines is 1. The normalized spacial score (nSPS) is 10.5. The van der Waals surface area contributed by atoms with Crippen molar-refractivity contribution in [3.63, 3.8) is 0 Å². The van der Waals surface area contributed by atoms with Crippen molar-refractivity contribution < 1.29 is 9.53 Å². The number of benzene rings is 2. The van der Waals surface area contributed by atoms with E-state index in [1.54, 1.807) is 35.1 Å². The molecule has 3 rings (SSSR count). The topological polar surface area (TPSA) is 56.1 Å². The second kappa shape index (κ2) is 7.59. The standard InChI is InChI=1S/C18H15Cl2N3O2/c1-25-16-7-6-13(19)10-14(16)18(24)21-17-8-9-23(22-17)11-12-4-2-3-5-15(12)20/h2-10H,11H2,1H3,(H,21,22,24). The molecule has 25 heavy (non-hydrogen) atoms. The number of ether oxygens (including phenoxy) is 1. The van der Waals surface area contributed by atoms with Crippen LogP contribution < -0.4 is 10.1 Å². The van der Waals surface area contributed by atoms with E-state index in [0.717, 1.165) is 5.56 Å². The van der Waals surface area contributed by atoms with Crippen LogP contribution in [0.4, 0.5) is 5.82 Å². The summed E-state index contributed by atoms with van der Waals surface area (Å²) in [6.45, 7) is 0.510. The van der Waals surface area contributed by atoms with E-state index in [9.17, 15) is 4.79 Å². The minimum Gasteiger partial charge on any atom is -0.496 e. The van der Waals surface area contributed by atoms with Crippen LogP contribution in [0.2, 0.25) is 10.0 Å². The lowest BCUT2D eigenvalue weighted by Crippen LogP contribution is -2.14. The van der Waals surface area contributed by atoms with E-state index in [4.69, 9.17) is 27.9 Å². The summed E-state index contributed by atoms with van der Waals surface area (Å²) in [7, 11) is 1.50. The van der Waals surface area contributed by atoms with Crippen LogP contribution >= 0.6 is 23.2 Å². The maximum atomic E-state index is 12.4. The molecule has 7 heteroatoms. The molecular weight excluding hydrogens is 361 g/mol. The Morgan fingerprint density at radius 2 is 2.00 bits per heavy atom. The molecular formula is C18H15Cl2N3O2. The van der Waals surface area contributed by atoms with Crippen LogP contribution in [0.15, 0.2) is 54.7 Å². The Bertz CT molecular complexity index is 909. The van der Waals surface area contributed by atoms with Gasteiger partial charge in [-0.15, -0.1) is 0 Å². The Morgan fingerprint density at radius 3 is 2.76 bits per heavy atom. The first kappa shape index (κ1) is 17.3. The molecule has 0 fully saturated rings. The number of rotatable bonds is 5. The van der Waals surface area contributed by atoms with Gasteiger partial charge in [0.1, 0.15) is 5.75 Å². The number of halogens is 2. The van der Waals surface area contributed by atoms with Crippen molar-refractivity contribution in [3.05, 3.63) is 75.9 Å². The molecule has 0 aliphatic heterocycles. The fourth-order valence-corrected chi connectivity index (χ4v) is 2.73. The Labute approximate surface area is 155 Å². The van der Waals surface area contributed by atoms with E-state index in [0.29, 0.717) is 33.7 Å². The molecule has 0 spiro atoms.